The summed E-state index contributed by atoms with van der Waals surface area (Å²) < 4.78 is 45.1. The van der Waals surface area contributed by atoms with Crippen LogP contribution >= 0.6 is 0 Å². The maximum absolute atomic E-state index is 12.9. The number of rotatable bonds is 5. The fraction of sp³-hybridized carbons (Fsp3) is 0.353. The molecule has 0 saturated heterocycles. The van der Waals surface area contributed by atoms with E-state index >= 15 is 0 Å². The number of hydrogen-bond donors (Lipinski definition) is 1. The summed E-state index contributed by atoms with van der Waals surface area (Å²) in [5, 5.41) is 13.8. The van der Waals surface area contributed by atoms with E-state index in [1.54, 1.807) is 6.07 Å². The second-order valence-electron chi connectivity index (χ2n) is 6.11. The topological polar surface area (TPSA) is 64.3 Å². The van der Waals surface area contributed by atoms with Crippen LogP contribution in [-0.2, 0) is 6.18 Å². The van der Waals surface area contributed by atoms with Crippen molar-refractivity contribution in [3.05, 3.63) is 47.8 Å². The molecule has 1 saturated carbocycles. The van der Waals surface area contributed by atoms with Gasteiger partial charge in [0.2, 0.25) is 0 Å². The predicted octanol–water partition coefficient (Wildman–Crippen LogP) is 3.51. The molecule has 4 rings (SSSR count). The minimum Gasteiger partial charge on any atom is -0.494 e. The van der Waals surface area contributed by atoms with Gasteiger partial charge in [0.15, 0.2) is 5.65 Å². The zero-order valence-corrected chi connectivity index (χ0v) is 13.9. The summed E-state index contributed by atoms with van der Waals surface area (Å²) in [5.41, 5.74) is 1.19. The van der Waals surface area contributed by atoms with Crippen LogP contribution in [0.1, 0.15) is 30.7 Å². The maximum Gasteiger partial charge on any atom is 0.453 e. The molecular weight excluding hydrogens is 347 g/mol. The first-order valence-electron chi connectivity index (χ1n) is 8.24. The average molecular weight is 363 g/mol. The van der Waals surface area contributed by atoms with Gasteiger partial charge in [0.05, 0.1) is 6.61 Å². The van der Waals surface area contributed by atoms with Gasteiger partial charge in [-0.3, -0.25) is 0 Å². The largest absolute Gasteiger partial charge is 0.494 e. The second kappa shape index (κ2) is 6.15. The minimum absolute atomic E-state index is 0.0552. The molecule has 0 amide bonds. The standard InChI is InChI=1S/C17H16F3N5O/c1-2-26-11-5-3-4-10(8-11)12-9-13(12)21-14-6-7-15-22-23-16(17(18,19)20)25(15)24-14/h3-8,12-13H,2,9H2,1H3,(H,21,24). The molecule has 2 aromatic heterocycles. The van der Waals surface area contributed by atoms with Crippen LogP contribution in [0.2, 0.25) is 0 Å². The summed E-state index contributed by atoms with van der Waals surface area (Å²) in [6.07, 6.45) is -3.73. The smallest absolute Gasteiger partial charge is 0.453 e. The number of benzene rings is 1. The molecule has 1 fully saturated rings. The van der Waals surface area contributed by atoms with E-state index in [1.165, 1.54) is 6.07 Å². The van der Waals surface area contributed by atoms with Crippen LogP contribution in [0.3, 0.4) is 0 Å². The lowest BCUT2D eigenvalue weighted by molar-refractivity contribution is -0.146. The molecule has 0 spiro atoms. The van der Waals surface area contributed by atoms with Crippen LogP contribution in [0.5, 0.6) is 5.75 Å². The Morgan fingerprint density at radius 1 is 1.23 bits per heavy atom. The molecule has 6 nitrogen and oxygen atoms in total. The lowest BCUT2D eigenvalue weighted by Crippen LogP contribution is -2.14. The Labute approximate surface area is 147 Å². The van der Waals surface area contributed by atoms with Crippen LogP contribution in [0.15, 0.2) is 36.4 Å². The molecule has 0 aliphatic heterocycles. The summed E-state index contributed by atoms with van der Waals surface area (Å²) in [6.45, 7) is 2.52. The van der Waals surface area contributed by atoms with E-state index in [9.17, 15) is 13.2 Å². The van der Waals surface area contributed by atoms with E-state index < -0.39 is 12.0 Å². The molecular formula is C17H16F3N5O. The maximum atomic E-state index is 12.9. The quantitative estimate of drug-likeness (QED) is 0.752. The van der Waals surface area contributed by atoms with Gasteiger partial charge < -0.3 is 10.1 Å². The summed E-state index contributed by atoms with van der Waals surface area (Å²) in [5.74, 6) is 0.314. The van der Waals surface area contributed by atoms with Crippen LogP contribution in [-0.4, -0.2) is 32.5 Å². The van der Waals surface area contributed by atoms with Crippen molar-refractivity contribution in [3.63, 3.8) is 0 Å². The van der Waals surface area contributed by atoms with Crippen molar-refractivity contribution in [1.82, 2.24) is 19.8 Å². The number of aromatic nitrogens is 4. The van der Waals surface area contributed by atoms with Crippen molar-refractivity contribution in [2.75, 3.05) is 11.9 Å². The zero-order chi connectivity index (χ0) is 18.3. The van der Waals surface area contributed by atoms with Crippen LogP contribution in [0, 0.1) is 0 Å². The van der Waals surface area contributed by atoms with Gasteiger partial charge >= 0.3 is 6.18 Å². The number of nitrogens with one attached hydrogen (secondary N) is 1. The van der Waals surface area contributed by atoms with Gasteiger partial charge in [0, 0.05) is 12.0 Å². The summed E-state index contributed by atoms with van der Waals surface area (Å²) in [6, 6.07) is 11.0. The molecule has 136 valence electrons. The molecule has 3 aromatic rings. The van der Waals surface area contributed by atoms with Gasteiger partial charge in [0.1, 0.15) is 11.6 Å². The average Bonchev–Trinajstić information content (AvgIpc) is 3.22. The molecule has 1 aromatic carbocycles. The van der Waals surface area contributed by atoms with Crippen molar-refractivity contribution in [2.45, 2.75) is 31.5 Å². The summed E-state index contributed by atoms with van der Waals surface area (Å²) >= 11 is 0. The molecule has 0 radical (unpaired) electrons. The second-order valence-corrected chi connectivity index (χ2v) is 6.11. The summed E-state index contributed by atoms with van der Waals surface area (Å²) in [7, 11) is 0. The molecule has 2 heterocycles. The highest BCUT2D eigenvalue weighted by Gasteiger charge is 2.40. The Hall–Kier alpha value is -2.84. The molecule has 0 bridgehead atoms. The highest BCUT2D eigenvalue weighted by atomic mass is 19.4. The number of alkyl halides is 3. The Morgan fingerprint density at radius 2 is 2.08 bits per heavy atom. The Morgan fingerprint density at radius 3 is 2.85 bits per heavy atom. The third-order valence-corrected chi connectivity index (χ3v) is 4.24. The van der Waals surface area contributed by atoms with Crippen molar-refractivity contribution < 1.29 is 17.9 Å². The third-order valence-electron chi connectivity index (χ3n) is 4.24. The van der Waals surface area contributed by atoms with E-state index in [0.717, 1.165) is 22.2 Å². The van der Waals surface area contributed by atoms with Crippen LogP contribution in [0.25, 0.3) is 5.65 Å². The van der Waals surface area contributed by atoms with Crippen molar-refractivity contribution >= 4 is 11.5 Å². The Bertz CT molecular complexity index is 940. The SMILES string of the molecule is CCOc1cccc(C2CC2Nc2ccc3nnc(C(F)(F)F)n3n2)c1. The lowest BCUT2D eigenvalue weighted by Gasteiger charge is -2.08. The highest BCUT2D eigenvalue weighted by molar-refractivity contribution is 5.47. The van der Waals surface area contributed by atoms with Gasteiger partial charge in [-0.2, -0.15) is 17.7 Å². The van der Waals surface area contributed by atoms with E-state index in [0.29, 0.717) is 12.4 Å². The fourth-order valence-corrected chi connectivity index (χ4v) is 2.96. The van der Waals surface area contributed by atoms with Gasteiger partial charge in [-0.15, -0.1) is 15.3 Å². The molecule has 26 heavy (non-hydrogen) atoms. The van der Waals surface area contributed by atoms with Gasteiger partial charge in [0.25, 0.3) is 5.82 Å². The number of halogens is 3. The number of nitrogens with zero attached hydrogens (tertiary/aromatic N) is 4. The van der Waals surface area contributed by atoms with Gasteiger partial charge in [-0.25, -0.2) is 0 Å². The molecule has 1 aliphatic carbocycles. The first kappa shape index (κ1) is 16.6. The van der Waals surface area contributed by atoms with Crippen LogP contribution in [0.4, 0.5) is 19.0 Å². The predicted molar refractivity (Wildman–Crippen MR) is 88.2 cm³/mol. The lowest BCUT2D eigenvalue weighted by atomic mass is 10.1. The molecule has 2 unspecified atom stereocenters. The van der Waals surface area contributed by atoms with Gasteiger partial charge in [-0.05, 0) is 43.2 Å². The zero-order valence-electron chi connectivity index (χ0n) is 13.9. The van der Waals surface area contributed by atoms with E-state index in [-0.39, 0.29) is 17.6 Å². The van der Waals surface area contributed by atoms with Gasteiger partial charge in [-0.1, -0.05) is 12.1 Å². The summed E-state index contributed by atoms with van der Waals surface area (Å²) in [4.78, 5) is 0. The normalized spacial score (nSPS) is 19.5. The molecule has 2 atom stereocenters. The van der Waals surface area contributed by atoms with Crippen molar-refractivity contribution in [3.8, 4) is 5.75 Å². The monoisotopic (exact) mass is 363 g/mol. The highest BCUT2D eigenvalue weighted by Crippen LogP contribution is 2.43. The van der Waals surface area contributed by atoms with E-state index in [1.807, 2.05) is 31.2 Å². The number of hydrogen-bond acceptors (Lipinski definition) is 5. The van der Waals surface area contributed by atoms with Crippen molar-refractivity contribution in [1.29, 1.82) is 0 Å². The molecule has 1 aliphatic rings. The third kappa shape index (κ3) is 3.16. The minimum atomic E-state index is -4.60. The molecule has 9 heteroatoms. The van der Waals surface area contributed by atoms with Crippen LogP contribution < -0.4 is 10.1 Å². The number of fused-ring (bicyclic) bond motifs is 1. The first-order chi connectivity index (χ1) is 12.5. The van der Waals surface area contributed by atoms with E-state index in [2.05, 4.69) is 20.6 Å². The van der Waals surface area contributed by atoms with Crippen molar-refractivity contribution in [2.24, 2.45) is 0 Å². The van der Waals surface area contributed by atoms with E-state index in [4.69, 9.17) is 4.74 Å². The number of ether oxygens (including phenoxy) is 1. The Balaban J connectivity index is 1.51. The fourth-order valence-electron chi connectivity index (χ4n) is 2.96. The number of anilines is 1. The first-order valence-corrected chi connectivity index (χ1v) is 8.24. The molecule has 1 N–H and O–H groups in total. The Kier molecular flexibility index (Phi) is 3.93.